The molecule has 3 nitrogen and oxygen atoms in total. The Morgan fingerprint density at radius 2 is 2.42 bits per heavy atom. The molecule has 0 heterocycles. The van der Waals surface area contributed by atoms with Gasteiger partial charge in [0.25, 0.3) is 0 Å². The third kappa shape index (κ3) is 4.34. The Labute approximate surface area is 118 Å². The number of carbonyl (C=O) groups excluding carboxylic acids is 2. The van der Waals surface area contributed by atoms with Gasteiger partial charge in [-0.25, -0.2) is 0 Å². The van der Waals surface area contributed by atoms with Gasteiger partial charge in [0.1, 0.15) is 11.9 Å². The molecule has 1 rings (SSSR count). The standard InChI is InChI=1S/C16H24O3/c1-5-6-7-8-12(3)16(19-13(4)17)15-11(2)9-10-14(15)18/h5-7,11-12,15-16H,1,8-10H2,2-4H3/b7-6+/t11?,12-,15-,16-/m1/s1/i1D2. The molecule has 0 aromatic rings. The molecular formula is C16H24O3. The van der Waals surface area contributed by atoms with Crippen molar-refractivity contribution in [3.05, 3.63) is 24.8 Å². The lowest BCUT2D eigenvalue weighted by molar-refractivity contribution is -0.154. The third-order valence-electron chi connectivity index (χ3n) is 3.79. The van der Waals surface area contributed by atoms with E-state index in [0.717, 1.165) is 6.42 Å². The first kappa shape index (κ1) is 12.6. The summed E-state index contributed by atoms with van der Waals surface area (Å²) in [7, 11) is 0. The van der Waals surface area contributed by atoms with Crippen LogP contribution in [0.1, 0.15) is 42.8 Å². The molecule has 1 aliphatic carbocycles. The van der Waals surface area contributed by atoms with Gasteiger partial charge >= 0.3 is 5.97 Å². The molecule has 19 heavy (non-hydrogen) atoms. The maximum atomic E-state index is 12.1. The highest BCUT2D eigenvalue weighted by atomic mass is 16.5. The van der Waals surface area contributed by atoms with E-state index in [1.165, 1.54) is 13.0 Å². The number of hydrogen-bond donors (Lipinski definition) is 0. The first-order valence-electron chi connectivity index (χ1n) is 7.83. The van der Waals surface area contributed by atoms with Gasteiger partial charge in [-0.05, 0) is 24.7 Å². The smallest absolute Gasteiger partial charge is 0.302 e. The zero-order valence-electron chi connectivity index (χ0n) is 13.9. The molecule has 0 spiro atoms. The summed E-state index contributed by atoms with van der Waals surface area (Å²) in [6.07, 6.45) is 6.54. The van der Waals surface area contributed by atoms with Crippen molar-refractivity contribution in [3.63, 3.8) is 0 Å². The van der Waals surface area contributed by atoms with Crippen LogP contribution in [0.25, 0.3) is 0 Å². The second-order valence-corrected chi connectivity index (χ2v) is 5.39. The number of allylic oxidation sites excluding steroid dienone is 3. The lowest BCUT2D eigenvalue weighted by atomic mass is 9.83. The number of ketones is 1. The topological polar surface area (TPSA) is 43.4 Å². The Morgan fingerprint density at radius 3 is 2.95 bits per heavy atom. The quantitative estimate of drug-likeness (QED) is 0.547. The van der Waals surface area contributed by atoms with Gasteiger partial charge in [0.15, 0.2) is 0 Å². The number of ether oxygens (including phenoxy) is 1. The highest BCUT2D eigenvalue weighted by molar-refractivity contribution is 5.84. The predicted molar refractivity (Wildman–Crippen MR) is 75.6 cm³/mol. The molecule has 0 N–H and O–H groups in total. The zero-order valence-corrected chi connectivity index (χ0v) is 11.9. The summed E-state index contributed by atoms with van der Waals surface area (Å²) >= 11 is 0. The van der Waals surface area contributed by atoms with Gasteiger partial charge in [-0.15, -0.1) is 0 Å². The largest absolute Gasteiger partial charge is 0.461 e. The fourth-order valence-electron chi connectivity index (χ4n) is 2.77. The van der Waals surface area contributed by atoms with E-state index in [0.29, 0.717) is 12.8 Å². The molecule has 1 aliphatic rings. The Morgan fingerprint density at radius 1 is 1.68 bits per heavy atom. The fourth-order valence-corrected chi connectivity index (χ4v) is 2.77. The summed E-state index contributed by atoms with van der Waals surface area (Å²) in [5, 5.41) is 0. The van der Waals surface area contributed by atoms with Crippen LogP contribution in [0.3, 0.4) is 0 Å². The molecular weight excluding hydrogens is 240 g/mol. The first-order chi connectivity index (χ1) is 9.82. The zero-order chi connectivity index (χ0) is 16.0. The van der Waals surface area contributed by atoms with E-state index in [1.54, 1.807) is 6.08 Å². The Bertz CT molecular complexity index is 439. The molecule has 1 fully saturated rings. The second-order valence-electron chi connectivity index (χ2n) is 5.39. The molecule has 1 saturated carbocycles. The van der Waals surface area contributed by atoms with E-state index in [1.807, 2.05) is 19.9 Å². The molecule has 0 saturated heterocycles. The van der Waals surface area contributed by atoms with Crippen LogP contribution in [0, 0.1) is 17.8 Å². The normalized spacial score (nSPS) is 27.6. The van der Waals surface area contributed by atoms with Crippen molar-refractivity contribution in [2.24, 2.45) is 17.8 Å². The average Bonchev–Trinajstić information content (AvgIpc) is 2.71. The summed E-state index contributed by atoms with van der Waals surface area (Å²) < 4.78 is 19.4. The highest BCUT2D eigenvalue weighted by Crippen LogP contribution is 2.36. The first-order valence-corrected chi connectivity index (χ1v) is 6.83. The number of hydrogen-bond acceptors (Lipinski definition) is 3. The monoisotopic (exact) mass is 266 g/mol. The molecule has 0 radical (unpaired) electrons. The summed E-state index contributed by atoms with van der Waals surface area (Å²) in [6.45, 7) is 5.11. The summed E-state index contributed by atoms with van der Waals surface area (Å²) in [6, 6.07) is 0. The van der Waals surface area contributed by atoms with Gasteiger partial charge in [0.2, 0.25) is 0 Å². The minimum atomic E-state index is -0.396. The van der Waals surface area contributed by atoms with Crippen molar-refractivity contribution < 1.29 is 17.1 Å². The van der Waals surface area contributed by atoms with E-state index < -0.39 is 6.10 Å². The van der Waals surface area contributed by atoms with Gasteiger partial charge in [-0.2, -0.15) is 0 Å². The van der Waals surface area contributed by atoms with Gasteiger partial charge in [-0.3, -0.25) is 9.59 Å². The molecule has 0 aliphatic heterocycles. The van der Waals surface area contributed by atoms with Gasteiger partial charge < -0.3 is 4.74 Å². The van der Waals surface area contributed by atoms with E-state index in [4.69, 9.17) is 7.48 Å². The Hall–Kier alpha value is -1.38. The molecule has 106 valence electrons. The fraction of sp³-hybridized carbons (Fsp3) is 0.625. The molecule has 0 amide bonds. The maximum absolute atomic E-state index is 12.1. The number of esters is 1. The highest BCUT2D eigenvalue weighted by Gasteiger charge is 2.41. The van der Waals surface area contributed by atoms with Crippen LogP contribution in [0.5, 0.6) is 0 Å². The minimum absolute atomic E-state index is 0.0213. The SMILES string of the molecule is [2H]C([2H])=C/C=C/C[C@@H](C)[C@@H](OC(C)=O)[C@H]1C(=O)CCC1C. The molecule has 0 aromatic heterocycles. The summed E-state index contributed by atoms with van der Waals surface area (Å²) in [5.41, 5.74) is 0. The van der Waals surface area contributed by atoms with Gasteiger partial charge in [0, 0.05) is 13.3 Å². The molecule has 4 atom stereocenters. The molecule has 1 unspecified atom stereocenters. The van der Waals surface area contributed by atoms with Crippen LogP contribution in [-0.2, 0) is 14.3 Å². The van der Waals surface area contributed by atoms with E-state index >= 15 is 0 Å². The van der Waals surface area contributed by atoms with Crippen molar-refractivity contribution >= 4 is 11.8 Å². The van der Waals surface area contributed by atoms with Crippen molar-refractivity contribution in [2.45, 2.75) is 46.1 Å². The average molecular weight is 266 g/mol. The Balaban J connectivity index is 2.77. The van der Waals surface area contributed by atoms with Crippen LogP contribution in [0.2, 0.25) is 0 Å². The van der Waals surface area contributed by atoms with E-state index in [9.17, 15) is 9.59 Å². The van der Waals surface area contributed by atoms with Crippen LogP contribution >= 0.6 is 0 Å². The van der Waals surface area contributed by atoms with Gasteiger partial charge in [-0.1, -0.05) is 38.6 Å². The lowest BCUT2D eigenvalue weighted by Gasteiger charge is -2.30. The summed E-state index contributed by atoms with van der Waals surface area (Å²) in [5.74, 6) is -0.128. The molecule has 3 heteroatoms. The Kier molecular flexibility index (Phi) is 4.84. The van der Waals surface area contributed by atoms with Crippen molar-refractivity contribution in [1.82, 2.24) is 0 Å². The van der Waals surface area contributed by atoms with Crippen LogP contribution < -0.4 is 0 Å². The van der Waals surface area contributed by atoms with Gasteiger partial charge in [0.05, 0.1) is 8.66 Å². The van der Waals surface area contributed by atoms with Crippen molar-refractivity contribution in [3.8, 4) is 0 Å². The van der Waals surface area contributed by atoms with Crippen LogP contribution in [-0.4, -0.2) is 17.9 Å². The van der Waals surface area contributed by atoms with E-state index in [2.05, 4.69) is 0 Å². The number of carbonyl (C=O) groups is 2. The van der Waals surface area contributed by atoms with Crippen molar-refractivity contribution in [1.29, 1.82) is 0 Å². The second kappa shape index (κ2) is 7.27. The molecule has 0 bridgehead atoms. The summed E-state index contributed by atoms with van der Waals surface area (Å²) in [4.78, 5) is 23.4. The van der Waals surface area contributed by atoms with E-state index in [-0.39, 0.29) is 36.0 Å². The van der Waals surface area contributed by atoms with Crippen molar-refractivity contribution in [2.75, 3.05) is 0 Å². The maximum Gasteiger partial charge on any atom is 0.302 e. The lowest BCUT2D eigenvalue weighted by Crippen LogP contribution is -2.37. The van der Waals surface area contributed by atoms with Crippen LogP contribution in [0.15, 0.2) is 24.8 Å². The van der Waals surface area contributed by atoms with Crippen LogP contribution in [0.4, 0.5) is 0 Å². The molecule has 0 aromatic carbocycles. The minimum Gasteiger partial charge on any atom is -0.461 e. The third-order valence-corrected chi connectivity index (χ3v) is 3.79. The predicted octanol–water partition coefficient (Wildman–Crippen LogP) is 3.30. The number of rotatable bonds is 6. The number of Topliss-reactive ketones (excluding diaryl/α,β-unsaturated/α-hetero) is 1.